The van der Waals surface area contributed by atoms with E-state index >= 15 is 0 Å². The highest BCUT2D eigenvalue weighted by molar-refractivity contribution is 5.84. The first-order chi connectivity index (χ1) is 17.2. The zero-order chi connectivity index (χ0) is 27.5. The van der Waals surface area contributed by atoms with Crippen molar-refractivity contribution in [3.05, 3.63) is 59.0 Å². The summed E-state index contributed by atoms with van der Waals surface area (Å²) >= 11 is 0. The maximum absolute atomic E-state index is 14.0. The van der Waals surface area contributed by atoms with Gasteiger partial charge in [0.05, 0.1) is 18.7 Å². The SMILES string of the molecule is CC(=O)C(N)c1cccnc1NCC=O.CNCCC(CC(C)c1cccc(C)c1F)OC.NC=O. The summed E-state index contributed by atoms with van der Waals surface area (Å²) in [6.45, 7) is 6.35. The topological polar surface area (TPSA) is 149 Å². The van der Waals surface area contributed by atoms with Gasteiger partial charge < -0.3 is 31.6 Å². The number of carbonyl (C=O) groups excluding carboxylic acids is 3. The lowest BCUT2D eigenvalue weighted by molar-refractivity contribution is -0.118. The van der Waals surface area contributed by atoms with Crippen molar-refractivity contribution in [1.82, 2.24) is 10.3 Å². The second kappa shape index (κ2) is 19.0. The fourth-order valence-electron chi connectivity index (χ4n) is 3.38. The summed E-state index contributed by atoms with van der Waals surface area (Å²) in [5.74, 6) is 0.435. The first kappa shape index (κ1) is 32.8. The van der Waals surface area contributed by atoms with E-state index in [0.29, 0.717) is 16.9 Å². The molecule has 0 bridgehead atoms. The first-order valence-corrected chi connectivity index (χ1v) is 11.6. The Labute approximate surface area is 213 Å². The normalized spacial score (nSPS) is 12.5. The van der Waals surface area contributed by atoms with Gasteiger partial charge >= 0.3 is 0 Å². The van der Waals surface area contributed by atoms with E-state index in [1.54, 1.807) is 38.4 Å². The van der Waals surface area contributed by atoms with Crippen molar-refractivity contribution in [3.63, 3.8) is 0 Å². The number of aryl methyl sites for hydroxylation is 1. The van der Waals surface area contributed by atoms with Crippen LogP contribution in [0.2, 0.25) is 0 Å². The number of nitrogens with zero attached hydrogens (tertiary/aromatic N) is 1. The molecule has 0 aliphatic rings. The minimum absolute atomic E-state index is 0.0755. The molecule has 0 aliphatic carbocycles. The Morgan fingerprint density at radius 2 is 1.86 bits per heavy atom. The number of pyridine rings is 1. The van der Waals surface area contributed by atoms with Gasteiger partial charge in [0.15, 0.2) is 5.78 Å². The smallest absolute Gasteiger partial charge is 0.204 e. The second-order valence-electron chi connectivity index (χ2n) is 8.08. The number of rotatable bonds is 12. The van der Waals surface area contributed by atoms with Gasteiger partial charge in [-0.2, -0.15) is 0 Å². The van der Waals surface area contributed by atoms with E-state index in [1.165, 1.54) is 6.92 Å². The molecule has 2 aromatic rings. The molecule has 9 nitrogen and oxygen atoms in total. The predicted molar refractivity (Wildman–Crippen MR) is 140 cm³/mol. The Kier molecular flexibility index (Phi) is 17.3. The van der Waals surface area contributed by atoms with Crippen LogP contribution in [0.5, 0.6) is 0 Å². The number of nitrogens with one attached hydrogen (secondary N) is 2. The van der Waals surface area contributed by atoms with Crippen LogP contribution in [-0.4, -0.2) is 56.8 Å². The third kappa shape index (κ3) is 12.0. The number of primary amides is 1. The monoisotopic (exact) mass is 505 g/mol. The molecule has 0 spiro atoms. The molecule has 0 radical (unpaired) electrons. The van der Waals surface area contributed by atoms with Crippen LogP contribution in [0.15, 0.2) is 36.5 Å². The van der Waals surface area contributed by atoms with Crippen molar-refractivity contribution in [3.8, 4) is 0 Å². The van der Waals surface area contributed by atoms with Gasteiger partial charge in [0, 0.05) is 18.9 Å². The quantitative estimate of drug-likeness (QED) is 0.322. The molecule has 0 aliphatic heterocycles. The number of nitrogens with two attached hydrogens (primary N) is 2. The summed E-state index contributed by atoms with van der Waals surface area (Å²) in [5, 5.41) is 5.90. The third-order valence-electron chi connectivity index (χ3n) is 5.38. The molecule has 0 fully saturated rings. The van der Waals surface area contributed by atoms with Crippen LogP contribution in [0.25, 0.3) is 0 Å². The average Bonchev–Trinajstić information content (AvgIpc) is 2.87. The number of halogens is 1. The number of hydrogen-bond acceptors (Lipinski definition) is 8. The lowest BCUT2D eigenvalue weighted by Gasteiger charge is -2.21. The molecule has 200 valence electrons. The highest BCUT2D eigenvalue weighted by atomic mass is 19.1. The molecule has 36 heavy (non-hydrogen) atoms. The van der Waals surface area contributed by atoms with E-state index in [9.17, 15) is 14.0 Å². The lowest BCUT2D eigenvalue weighted by atomic mass is 9.92. The molecule has 6 N–H and O–H groups in total. The summed E-state index contributed by atoms with van der Waals surface area (Å²) in [7, 11) is 3.65. The molecule has 1 aromatic carbocycles. The number of carbonyl (C=O) groups is 3. The number of aldehydes is 1. The highest BCUT2D eigenvalue weighted by Crippen LogP contribution is 2.26. The molecule has 10 heteroatoms. The minimum atomic E-state index is -0.701. The largest absolute Gasteiger partial charge is 0.381 e. The maximum atomic E-state index is 14.0. The summed E-state index contributed by atoms with van der Waals surface area (Å²) in [6, 6.07) is 8.31. The van der Waals surface area contributed by atoms with E-state index in [1.807, 2.05) is 19.2 Å². The lowest BCUT2D eigenvalue weighted by Crippen LogP contribution is -2.21. The maximum Gasteiger partial charge on any atom is 0.204 e. The second-order valence-corrected chi connectivity index (χ2v) is 8.08. The zero-order valence-electron chi connectivity index (χ0n) is 21.8. The zero-order valence-corrected chi connectivity index (χ0v) is 21.8. The summed E-state index contributed by atoms with van der Waals surface area (Å²) < 4.78 is 19.5. The number of aromatic nitrogens is 1. The molecule has 0 saturated heterocycles. The van der Waals surface area contributed by atoms with Gasteiger partial charge in [-0.05, 0) is 63.4 Å². The number of amides is 1. The molecule has 1 amide bonds. The summed E-state index contributed by atoms with van der Waals surface area (Å²) in [5.41, 5.74) is 12.0. The van der Waals surface area contributed by atoms with E-state index in [4.69, 9.17) is 15.3 Å². The first-order valence-electron chi connectivity index (χ1n) is 11.6. The fourth-order valence-corrected chi connectivity index (χ4v) is 3.38. The Morgan fingerprint density at radius 3 is 2.42 bits per heavy atom. The van der Waals surface area contributed by atoms with Gasteiger partial charge in [-0.3, -0.25) is 9.59 Å². The van der Waals surface area contributed by atoms with Gasteiger partial charge in [0.25, 0.3) is 0 Å². The van der Waals surface area contributed by atoms with E-state index in [-0.39, 0.29) is 36.6 Å². The number of hydrogen-bond donors (Lipinski definition) is 4. The molecule has 1 heterocycles. The van der Waals surface area contributed by atoms with Crippen LogP contribution < -0.4 is 22.1 Å². The number of ether oxygens (including phenoxy) is 1. The van der Waals surface area contributed by atoms with Crippen LogP contribution in [0.1, 0.15) is 55.3 Å². The third-order valence-corrected chi connectivity index (χ3v) is 5.38. The predicted octanol–water partition coefficient (Wildman–Crippen LogP) is 2.63. The van der Waals surface area contributed by atoms with Crippen LogP contribution in [0.4, 0.5) is 10.2 Å². The van der Waals surface area contributed by atoms with Gasteiger partial charge in [-0.15, -0.1) is 0 Å². The molecular formula is C26H40FN5O4. The van der Waals surface area contributed by atoms with Gasteiger partial charge in [0.1, 0.15) is 17.9 Å². The van der Waals surface area contributed by atoms with Crippen molar-refractivity contribution in [1.29, 1.82) is 0 Å². The number of anilines is 1. The molecule has 1 aromatic heterocycles. The fraction of sp³-hybridized carbons (Fsp3) is 0.462. The molecule has 0 saturated carbocycles. The summed E-state index contributed by atoms with van der Waals surface area (Å²) in [4.78, 5) is 33.9. The van der Waals surface area contributed by atoms with Crippen LogP contribution in [0, 0.1) is 12.7 Å². The van der Waals surface area contributed by atoms with Crippen LogP contribution >= 0.6 is 0 Å². The molecule has 3 unspecified atom stereocenters. The Bertz CT molecular complexity index is 929. The van der Waals surface area contributed by atoms with Gasteiger partial charge in [-0.25, -0.2) is 9.37 Å². The van der Waals surface area contributed by atoms with Crippen molar-refractivity contribution >= 4 is 24.3 Å². The van der Waals surface area contributed by atoms with Gasteiger partial charge in [0.2, 0.25) is 6.41 Å². The van der Waals surface area contributed by atoms with Crippen molar-refractivity contribution in [2.24, 2.45) is 11.5 Å². The van der Waals surface area contributed by atoms with E-state index in [2.05, 4.69) is 28.3 Å². The van der Waals surface area contributed by atoms with Gasteiger partial charge in [-0.1, -0.05) is 31.2 Å². The summed E-state index contributed by atoms with van der Waals surface area (Å²) in [6.07, 6.45) is 4.51. The van der Waals surface area contributed by atoms with Crippen molar-refractivity contribution in [2.75, 3.05) is 32.6 Å². The van der Waals surface area contributed by atoms with Crippen LogP contribution in [0.3, 0.4) is 0 Å². The number of ketones is 1. The molecule has 2 rings (SSSR count). The highest BCUT2D eigenvalue weighted by Gasteiger charge is 2.17. The number of benzene rings is 1. The van der Waals surface area contributed by atoms with Crippen molar-refractivity contribution < 1.29 is 23.5 Å². The average molecular weight is 506 g/mol. The van der Waals surface area contributed by atoms with E-state index in [0.717, 1.165) is 31.2 Å². The number of Topliss-reactive ketones (excluding diaryl/α,β-unsaturated/α-hetero) is 1. The Morgan fingerprint density at radius 1 is 1.22 bits per heavy atom. The van der Waals surface area contributed by atoms with E-state index < -0.39 is 6.04 Å². The minimum Gasteiger partial charge on any atom is -0.381 e. The standard InChI is InChI=1S/C15H24FNO.C10H13N3O2.CH3NO/c1-11-6-5-7-14(15(11)16)12(2)10-13(18-4)8-9-17-3;1-7(15)9(11)8-3-2-4-12-10(8)13-5-6-14;2-1-3/h5-7,12-13,17H,8-10H2,1-4H3;2-4,6,9H,5,11H2,1H3,(H,12,13);1H,(H2,2,3). The number of methoxy groups -OCH3 is 1. The Hall–Kier alpha value is -3.21. The van der Waals surface area contributed by atoms with Crippen LogP contribution in [-0.2, 0) is 19.1 Å². The molecular weight excluding hydrogens is 465 g/mol. The Balaban J connectivity index is 0.000000621. The van der Waals surface area contributed by atoms with Crippen molar-refractivity contribution in [2.45, 2.75) is 51.7 Å². The molecule has 3 atom stereocenters.